The number of hydrogen-bond donors (Lipinski definition) is 1. The number of hydrogen-bond acceptors (Lipinski definition) is 6. The number of carbonyl (C=O) groups excluding carboxylic acids is 2. The van der Waals surface area contributed by atoms with E-state index in [2.05, 4.69) is 5.32 Å². The van der Waals surface area contributed by atoms with Gasteiger partial charge in [0.15, 0.2) is 6.61 Å². The average molecular weight is 510 g/mol. The molecule has 194 valence electrons. The maximum atomic E-state index is 13.5. The average Bonchev–Trinajstić information content (AvgIpc) is 2.90. The highest BCUT2D eigenvalue weighted by molar-refractivity contribution is 5.88. The van der Waals surface area contributed by atoms with Crippen LogP contribution < -0.4 is 14.8 Å². The van der Waals surface area contributed by atoms with E-state index in [1.54, 1.807) is 19.1 Å². The number of nitro benzene ring substituents is 1. The lowest BCUT2D eigenvalue weighted by Crippen LogP contribution is -2.51. The first-order valence-electron chi connectivity index (χ1n) is 11.6. The van der Waals surface area contributed by atoms with E-state index in [0.717, 1.165) is 5.56 Å². The number of benzene rings is 3. The summed E-state index contributed by atoms with van der Waals surface area (Å²) in [6, 6.07) is 18.0. The van der Waals surface area contributed by atoms with Crippen LogP contribution in [-0.2, 0) is 22.6 Å². The predicted molar refractivity (Wildman–Crippen MR) is 135 cm³/mol. The number of nitrogens with one attached hydrogen (secondary N) is 1. The summed E-state index contributed by atoms with van der Waals surface area (Å²) in [6.45, 7) is 1.77. The smallest absolute Gasteiger partial charge is 0.311 e. The lowest BCUT2D eigenvalue weighted by atomic mass is 10.0. The Morgan fingerprint density at radius 1 is 1.05 bits per heavy atom. The molecule has 37 heavy (non-hydrogen) atoms. The number of nitro groups is 1. The Hall–Kier alpha value is -4.47. The third kappa shape index (κ3) is 7.50. The molecule has 2 amide bonds. The second kappa shape index (κ2) is 13.0. The van der Waals surface area contributed by atoms with Crippen molar-refractivity contribution in [3.8, 4) is 11.5 Å². The van der Waals surface area contributed by atoms with Crippen molar-refractivity contribution in [2.45, 2.75) is 25.9 Å². The van der Waals surface area contributed by atoms with Gasteiger partial charge in [0.25, 0.3) is 5.91 Å². The van der Waals surface area contributed by atoms with Crippen LogP contribution in [0.25, 0.3) is 0 Å². The SMILES string of the molecule is CCNC(=O)C(Cc1ccccc1)N(Cc1ccc(F)cc1)C(=O)COc1ccc([N+](=O)[O-])c(OC)c1. The lowest BCUT2D eigenvalue weighted by molar-refractivity contribution is -0.385. The van der Waals surface area contributed by atoms with Crippen LogP contribution in [0, 0.1) is 15.9 Å². The van der Waals surface area contributed by atoms with Crippen LogP contribution >= 0.6 is 0 Å². The third-order valence-corrected chi connectivity index (χ3v) is 5.60. The minimum absolute atomic E-state index is 0.0117. The number of carbonyl (C=O) groups is 2. The molecule has 0 saturated heterocycles. The van der Waals surface area contributed by atoms with Gasteiger partial charge < -0.3 is 19.7 Å². The Balaban J connectivity index is 1.88. The molecule has 9 nitrogen and oxygen atoms in total. The van der Waals surface area contributed by atoms with Gasteiger partial charge in [0.2, 0.25) is 11.7 Å². The van der Waals surface area contributed by atoms with E-state index in [-0.39, 0.29) is 36.1 Å². The Morgan fingerprint density at radius 2 is 1.76 bits per heavy atom. The summed E-state index contributed by atoms with van der Waals surface area (Å²) in [4.78, 5) is 38.5. The summed E-state index contributed by atoms with van der Waals surface area (Å²) < 4.78 is 24.2. The number of likely N-dealkylation sites (N-methyl/N-ethyl adjacent to an activating group) is 1. The van der Waals surface area contributed by atoms with Crippen molar-refractivity contribution in [2.24, 2.45) is 0 Å². The second-order valence-electron chi connectivity index (χ2n) is 8.13. The van der Waals surface area contributed by atoms with Crippen LogP contribution in [0.4, 0.5) is 10.1 Å². The molecule has 0 aliphatic rings. The molecule has 0 bridgehead atoms. The second-order valence-corrected chi connectivity index (χ2v) is 8.13. The fourth-order valence-corrected chi connectivity index (χ4v) is 3.76. The van der Waals surface area contributed by atoms with Gasteiger partial charge in [-0.2, -0.15) is 0 Å². The standard InChI is InChI=1S/C27H28FN3O6/c1-3-29-27(33)24(15-19-7-5-4-6-8-19)30(17-20-9-11-21(28)12-10-20)26(32)18-37-22-13-14-23(31(34)35)25(16-22)36-2/h4-14,16,24H,3,15,17-18H2,1-2H3,(H,29,33). The Bertz CT molecular complexity index is 1220. The van der Waals surface area contributed by atoms with Gasteiger partial charge in [0.1, 0.15) is 17.6 Å². The van der Waals surface area contributed by atoms with Gasteiger partial charge in [-0.15, -0.1) is 0 Å². The molecule has 0 aliphatic heterocycles. The number of nitrogens with zero attached hydrogens (tertiary/aromatic N) is 2. The monoisotopic (exact) mass is 509 g/mol. The summed E-state index contributed by atoms with van der Waals surface area (Å²) in [7, 11) is 1.29. The van der Waals surface area contributed by atoms with E-state index < -0.39 is 29.3 Å². The van der Waals surface area contributed by atoms with E-state index in [9.17, 15) is 24.1 Å². The normalized spacial score (nSPS) is 11.3. The fourth-order valence-electron chi connectivity index (χ4n) is 3.76. The van der Waals surface area contributed by atoms with Crippen molar-refractivity contribution < 1.29 is 28.4 Å². The van der Waals surface area contributed by atoms with Gasteiger partial charge in [-0.05, 0) is 36.2 Å². The molecule has 10 heteroatoms. The van der Waals surface area contributed by atoms with E-state index >= 15 is 0 Å². The van der Waals surface area contributed by atoms with Crippen LogP contribution in [0.5, 0.6) is 11.5 Å². The molecule has 3 aromatic carbocycles. The van der Waals surface area contributed by atoms with Crippen molar-refractivity contribution in [3.05, 3.63) is 99.9 Å². The Labute approximate surface area is 214 Å². The van der Waals surface area contributed by atoms with Gasteiger partial charge in [-0.25, -0.2) is 4.39 Å². The molecule has 1 N–H and O–H groups in total. The van der Waals surface area contributed by atoms with E-state index in [1.807, 2.05) is 30.3 Å². The summed E-state index contributed by atoms with van der Waals surface area (Å²) in [5, 5.41) is 13.9. The molecule has 0 aromatic heterocycles. The van der Waals surface area contributed by atoms with Crippen LogP contribution in [0.3, 0.4) is 0 Å². The first kappa shape index (κ1) is 27.1. The van der Waals surface area contributed by atoms with E-state index in [1.165, 1.54) is 42.3 Å². The van der Waals surface area contributed by atoms with Crippen LogP contribution in [-0.4, -0.2) is 47.9 Å². The minimum Gasteiger partial charge on any atom is -0.490 e. The van der Waals surface area contributed by atoms with Gasteiger partial charge >= 0.3 is 5.69 Å². The largest absolute Gasteiger partial charge is 0.490 e. The number of halogens is 1. The van der Waals surface area contributed by atoms with Crippen LogP contribution in [0.1, 0.15) is 18.1 Å². The van der Waals surface area contributed by atoms with Gasteiger partial charge in [-0.3, -0.25) is 19.7 Å². The molecule has 3 rings (SSSR count). The topological polar surface area (TPSA) is 111 Å². The molecule has 3 aromatic rings. The van der Waals surface area contributed by atoms with Gasteiger partial charge in [0.05, 0.1) is 12.0 Å². The number of amides is 2. The van der Waals surface area contributed by atoms with Crippen molar-refractivity contribution in [2.75, 3.05) is 20.3 Å². The first-order valence-corrected chi connectivity index (χ1v) is 11.6. The molecule has 1 atom stereocenters. The zero-order valence-electron chi connectivity index (χ0n) is 20.6. The highest BCUT2D eigenvalue weighted by Crippen LogP contribution is 2.30. The maximum absolute atomic E-state index is 13.5. The molecule has 0 fully saturated rings. The van der Waals surface area contributed by atoms with Crippen molar-refractivity contribution >= 4 is 17.5 Å². The molecule has 0 saturated carbocycles. The Morgan fingerprint density at radius 3 is 2.38 bits per heavy atom. The quantitative estimate of drug-likeness (QED) is 0.293. The predicted octanol–water partition coefficient (Wildman–Crippen LogP) is 3.90. The molecular formula is C27H28FN3O6. The highest BCUT2D eigenvalue weighted by Gasteiger charge is 2.30. The van der Waals surface area contributed by atoms with Gasteiger partial charge in [0, 0.05) is 31.6 Å². The first-order chi connectivity index (χ1) is 17.8. The van der Waals surface area contributed by atoms with Crippen molar-refractivity contribution in [1.29, 1.82) is 0 Å². The van der Waals surface area contributed by atoms with Crippen LogP contribution in [0.15, 0.2) is 72.8 Å². The lowest BCUT2D eigenvalue weighted by Gasteiger charge is -2.31. The molecular weight excluding hydrogens is 481 g/mol. The summed E-state index contributed by atoms with van der Waals surface area (Å²) in [5.74, 6) is -1.06. The molecule has 0 spiro atoms. The molecule has 0 radical (unpaired) electrons. The zero-order chi connectivity index (χ0) is 26.8. The fraction of sp³-hybridized carbons (Fsp3) is 0.259. The number of rotatable bonds is 12. The summed E-state index contributed by atoms with van der Waals surface area (Å²) >= 11 is 0. The van der Waals surface area contributed by atoms with E-state index in [4.69, 9.17) is 9.47 Å². The molecule has 0 aliphatic carbocycles. The molecule has 1 unspecified atom stereocenters. The third-order valence-electron chi connectivity index (χ3n) is 5.60. The van der Waals surface area contributed by atoms with Gasteiger partial charge in [-0.1, -0.05) is 42.5 Å². The highest BCUT2D eigenvalue weighted by atomic mass is 19.1. The Kier molecular flexibility index (Phi) is 9.54. The summed E-state index contributed by atoms with van der Waals surface area (Å²) in [6.07, 6.45) is 0.255. The number of methoxy groups -OCH3 is 1. The number of ether oxygens (including phenoxy) is 2. The minimum atomic E-state index is -0.866. The van der Waals surface area contributed by atoms with Crippen molar-refractivity contribution in [1.82, 2.24) is 10.2 Å². The van der Waals surface area contributed by atoms with Crippen LogP contribution in [0.2, 0.25) is 0 Å². The maximum Gasteiger partial charge on any atom is 0.311 e. The molecule has 0 heterocycles. The van der Waals surface area contributed by atoms with E-state index in [0.29, 0.717) is 12.1 Å². The van der Waals surface area contributed by atoms with Crippen molar-refractivity contribution in [3.63, 3.8) is 0 Å². The zero-order valence-corrected chi connectivity index (χ0v) is 20.6. The summed E-state index contributed by atoms with van der Waals surface area (Å²) in [5.41, 5.74) is 1.25.